The van der Waals surface area contributed by atoms with Crippen molar-refractivity contribution < 1.29 is 4.74 Å². The maximum Gasteiger partial charge on any atom is 0.132 e. The number of hydrogen-bond donors (Lipinski definition) is 0. The van der Waals surface area contributed by atoms with E-state index in [4.69, 9.17) is 16.3 Å². The van der Waals surface area contributed by atoms with Gasteiger partial charge >= 0.3 is 0 Å². The third-order valence-corrected chi connectivity index (χ3v) is 8.49. The number of benzene rings is 6. The fourth-order valence-corrected chi connectivity index (χ4v) is 6.77. The molecule has 0 fully saturated rings. The second kappa shape index (κ2) is 8.46. The quantitative estimate of drug-likeness (QED) is 0.221. The molecule has 1 heterocycles. The van der Waals surface area contributed by atoms with Gasteiger partial charge in [0.25, 0.3) is 0 Å². The molecule has 2 heteroatoms. The minimum atomic E-state index is -0.483. The topological polar surface area (TPSA) is 9.23 Å². The highest BCUT2D eigenvalue weighted by Gasteiger charge is 2.52. The van der Waals surface area contributed by atoms with Crippen molar-refractivity contribution in [3.8, 4) is 44.9 Å². The molecule has 0 unspecified atom stereocenters. The van der Waals surface area contributed by atoms with Crippen LogP contribution in [0.25, 0.3) is 33.4 Å². The van der Waals surface area contributed by atoms with E-state index >= 15 is 0 Å². The summed E-state index contributed by atoms with van der Waals surface area (Å²) in [6.45, 7) is 0. The molecule has 1 nitrogen and oxygen atoms in total. The third-order valence-electron chi connectivity index (χ3n) is 8.24. The minimum Gasteiger partial charge on any atom is -0.457 e. The molecule has 0 aromatic heterocycles. The summed E-state index contributed by atoms with van der Waals surface area (Å²) in [5, 5.41) is 0.747. The molecule has 0 amide bonds. The van der Waals surface area contributed by atoms with Gasteiger partial charge in [0.15, 0.2) is 0 Å². The van der Waals surface area contributed by atoms with Gasteiger partial charge in [-0.1, -0.05) is 127 Å². The van der Waals surface area contributed by atoms with E-state index in [2.05, 4.69) is 127 Å². The summed E-state index contributed by atoms with van der Waals surface area (Å²) < 4.78 is 6.50. The largest absolute Gasteiger partial charge is 0.457 e. The van der Waals surface area contributed by atoms with E-state index in [0.717, 1.165) is 22.1 Å². The molecule has 0 radical (unpaired) electrons. The van der Waals surface area contributed by atoms with Crippen LogP contribution in [0, 0.1) is 0 Å². The van der Waals surface area contributed by atoms with Gasteiger partial charge in [-0.15, -0.1) is 0 Å². The maximum absolute atomic E-state index is 6.50. The van der Waals surface area contributed by atoms with Crippen molar-refractivity contribution in [1.82, 2.24) is 0 Å². The molecule has 0 atom stereocenters. The standard InChI is InChI=1S/C37H23ClO/c38-27-22-20-25(21-23-27)24-16-18-26(19-17-24)28-9-7-10-30-29-8-1-2-11-31(29)37(36(28)30)32-12-3-5-14-34(32)39-35-15-6-4-13-33(35)37/h1-23H. The van der Waals surface area contributed by atoms with Crippen LogP contribution in [0.4, 0.5) is 0 Å². The minimum absolute atomic E-state index is 0.483. The summed E-state index contributed by atoms with van der Waals surface area (Å²) >= 11 is 6.13. The van der Waals surface area contributed by atoms with Crippen molar-refractivity contribution in [2.24, 2.45) is 0 Å². The van der Waals surface area contributed by atoms with Crippen molar-refractivity contribution >= 4 is 11.6 Å². The summed E-state index contributed by atoms with van der Waals surface area (Å²) in [5.41, 5.74) is 11.8. The van der Waals surface area contributed by atoms with Gasteiger partial charge in [-0.3, -0.25) is 0 Å². The van der Waals surface area contributed by atoms with Gasteiger partial charge in [-0.2, -0.15) is 0 Å². The highest BCUT2D eigenvalue weighted by molar-refractivity contribution is 6.30. The Balaban J connectivity index is 1.42. The Morgan fingerprint density at radius 2 is 0.897 bits per heavy atom. The van der Waals surface area contributed by atoms with Crippen LogP contribution in [0.1, 0.15) is 22.3 Å². The normalized spacial score (nSPS) is 13.7. The Kier molecular flexibility index (Phi) is 4.86. The lowest BCUT2D eigenvalue weighted by Crippen LogP contribution is -2.32. The van der Waals surface area contributed by atoms with Crippen LogP contribution in [-0.4, -0.2) is 0 Å². The Morgan fingerprint density at radius 3 is 1.56 bits per heavy atom. The molecule has 8 rings (SSSR count). The fourth-order valence-electron chi connectivity index (χ4n) is 6.64. The Morgan fingerprint density at radius 1 is 0.410 bits per heavy atom. The number of fused-ring (bicyclic) bond motifs is 9. The van der Waals surface area contributed by atoms with E-state index in [1.807, 2.05) is 12.1 Å². The highest BCUT2D eigenvalue weighted by atomic mass is 35.5. The number of para-hydroxylation sites is 2. The zero-order valence-electron chi connectivity index (χ0n) is 21.1. The van der Waals surface area contributed by atoms with Crippen LogP contribution < -0.4 is 4.74 Å². The van der Waals surface area contributed by atoms with Gasteiger partial charge in [0.1, 0.15) is 11.5 Å². The molecule has 39 heavy (non-hydrogen) atoms. The summed E-state index contributed by atoms with van der Waals surface area (Å²) in [4.78, 5) is 0. The zero-order valence-corrected chi connectivity index (χ0v) is 21.8. The molecule has 0 saturated carbocycles. The number of rotatable bonds is 2. The molecule has 6 aromatic carbocycles. The van der Waals surface area contributed by atoms with E-state index in [9.17, 15) is 0 Å². The van der Waals surface area contributed by atoms with Crippen LogP contribution in [-0.2, 0) is 5.41 Å². The predicted octanol–water partition coefficient (Wildman–Crippen LogP) is 10.1. The van der Waals surface area contributed by atoms with Gasteiger partial charge in [0, 0.05) is 16.1 Å². The van der Waals surface area contributed by atoms with E-state index in [1.165, 1.54) is 50.1 Å². The van der Waals surface area contributed by atoms with Crippen molar-refractivity contribution in [2.45, 2.75) is 5.41 Å². The molecule has 0 bridgehead atoms. The lowest BCUT2D eigenvalue weighted by molar-refractivity contribution is 0.436. The van der Waals surface area contributed by atoms with Crippen LogP contribution >= 0.6 is 11.6 Å². The second-order valence-corrected chi connectivity index (χ2v) is 10.6. The summed E-state index contributed by atoms with van der Waals surface area (Å²) in [7, 11) is 0. The molecule has 0 saturated heterocycles. The third kappa shape index (κ3) is 3.14. The SMILES string of the molecule is Clc1ccc(-c2ccc(-c3cccc4c3C3(c5ccccc5Oc5ccccc53)c3ccccc3-4)cc2)cc1. The van der Waals surface area contributed by atoms with Crippen LogP contribution in [0.2, 0.25) is 5.02 Å². The predicted molar refractivity (Wildman–Crippen MR) is 160 cm³/mol. The van der Waals surface area contributed by atoms with Crippen molar-refractivity contribution in [3.63, 3.8) is 0 Å². The van der Waals surface area contributed by atoms with Gasteiger partial charge in [-0.05, 0) is 68.8 Å². The van der Waals surface area contributed by atoms with Gasteiger partial charge in [0.2, 0.25) is 0 Å². The molecule has 6 aromatic rings. The number of ether oxygens (including phenoxy) is 1. The molecular formula is C37H23ClO. The summed E-state index contributed by atoms with van der Waals surface area (Å²) in [6, 6.07) is 49.5. The molecular weight excluding hydrogens is 496 g/mol. The summed E-state index contributed by atoms with van der Waals surface area (Å²) in [6.07, 6.45) is 0. The van der Waals surface area contributed by atoms with Crippen LogP contribution in [0.15, 0.2) is 140 Å². The molecule has 1 spiro atoms. The van der Waals surface area contributed by atoms with E-state index in [-0.39, 0.29) is 0 Å². The van der Waals surface area contributed by atoms with Crippen LogP contribution in [0.5, 0.6) is 11.5 Å². The molecule has 1 aliphatic carbocycles. The second-order valence-electron chi connectivity index (χ2n) is 10.2. The van der Waals surface area contributed by atoms with E-state index in [1.54, 1.807) is 0 Å². The van der Waals surface area contributed by atoms with Gasteiger partial charge < -0.3 is 4.74 Å². The number of halogens is 1. The first-order chi connectivity index (χ1) is 19.2. The monoisotopic (exact) mass is 518 g/mol. The lowest BCUT2D eigenvalue weighted by Gasteiger charge is -2.40. The van der Waals surface area contributed by atoms with Gasteiger partial charge in [-0.25, -0.2) is 0 Å². The van der Waals surface area contributed by atoms with Crippen molar-refractivity contribution in [3.05, 3.63) is 167 Å². The fraction of sp³-hybridized carbons (Fsp3) is 0.0270. The first-order valence-corrected chi connectivity index (χ1v) is 13.6. The lowest BCUT2D eigenvalue weighted by atomic mass is 9.64. The average molecular weight is 519 g/mol. The highest BCUT2D eigenvalue weighted by Crippen LogP contribution is 2.63. The Hall–Kier alpha value is -4.59. The van der Waals surface area contributed by atoms with E-state index in [0.29, 0.717) is 0 Å². The van der Waals surface area contributed by atoms with Crippen molar-refractivity contribution in [1.29, 1.82) is 0 Å². The molecule has 0 N–H and O–H groups in total. The zero-order chi connectivity index (χ0) is 26.0. The average Bonchev–Trinajstić information content (AvgIpc) is 3.29. The first kappa shape index (κ1) is 22.4. The molecule has 1 aliphatic heterocycles. The van der Waals surface area contributed by atoms with E-state index < -0.39 is 5.41 Å². The van der Waals surface area contributed by atoms with Crippen LogP contribution in [0.3, 0.4) is 0 Å². The smallest absolute Gasteiger partial charge is 0.132 e. The Labute approximate surface area is 232 Å². The molecule has 184 valence electrons. The Bertz CT molecular complexity index is 1840. The summed E-state index contributed by atoms with van der Waals surface area (Å²) in [5.74, 6) is 1.82. The maximum atomic E-state index is 6.50. The number of hydrogen-bond acceptors (Lipinski definition) is 1. The molecule has 2 aliphatic rings. The van der Waals surface area contributed by atoms with Crippen molar-refractivity contribution in [2.75, 3.05) is 0 Å². The van der Waals surface area contributed by atoms with Gasteiger partial charge in [0.05, 0.1) is 5.41 Å². The first-order valence-electron chi connectivity index (χ1n) is 13.2.